The maximum absolute atomic E-state index is 13.2. The van der Waals surface area contributed by atoms with Gasteiger partial charge in [0.2, 0.25) is 0 Å². The van der Waals surface area contributed by atoms with E-state index in [1.807, 2.05) is 43.3 Å². The molecule has 0 spiro atoms. The standard InChI is InChI=1S/C23H20BrN3O2S/c1-2-27(16-10-4-3-5-11-16)22(29)18-13-7-9-15-20(18)25-23(30)26-21(28)17-12-6-8-14-19(17)24/h3-15H,2H2,1H3,(H2,25,26,28,30). The summed E-state index contributed by atoms with van der Waals surface area (Å²) in [6, 6.07) is 23.6. The maximum Gasteiger partial charge on any atom is 0.260 e. The van der Waals surface area contributed by atoms with Crippen molar-refractivity contribution in [1.29, 1.82) is 0 Å². The van der Waals surface area contributed by atoms with Gasteiger partial charge in [0.05, 0.1) is 16.8 Å². The molecule has 3 rings (SSSR count). The van der Waals surface area contributed by atoms with Crippen LogP contribution in [0.3, 0.4) is 0 Å². The Bertz CT molecular complexity index is 1070. The highest BCUT2D eigenvalue weighted by Gasteiger charge is 2.20. The molecule has 0 heterocycles. The number of nitrogens with zero attached hydrogens (tertiary/aromatic N) is 1. The van der Waals surface area contributed by atoms with Crippen molar-refractivity contribution in [3.63, 3.8) is 0 Å². The van der Waals surface area contributed by atoms with Crippen molar-refractivity contribution in [2.24, 2.45) is 0 Å². The molecule has 0 atom stereocenters. The number of amides is 2. The van der Waals surface area contributed by atoms with Crippen molar-refractivity contribution in [3.05, 3.63) is 94.5 Å². The summed E-state index contributed by atoms with van der Waals surface area (Å²) in [6.45, 7) is 2.43. The second-order valence-corrected chi connectivity index (χ2v) is 7.58. The van der Waals surface area contributed by atoms with E-state index in [4.69, 9.17) is 12.2 Å². The van der Waals surface area contributed by atoms with Crippen molar-refractivity contribution in [2.75, 3.05) is 16.8 Å². The summed E-state index contributed by atoms with van der Waals surface area (Å²) in [5.74, 6) is -0.505. The second kappa shape index (κ2) is 10.1. The van der Waals surface area contributed by atoms with Gasteiger partial charge in [-0.2, -0.15) is 0 Å². The van der Waals surface area contributed by atoms with Gasteiger partial charge in [-0.15, -0.1) is 0 Å². The Labute approximate surface area is 189 Å². The van der Waals surface area contributed by atoms with Crippen LogP contribution in [0.4, 0.5) is 11.4 Å². The number of thiocarbonyl (C=S) groups is 1. The summed E-state index contributed by atoms with van der Waals surface area (Å²) in [6.07, 6.45) is 0. The van der Waals surface area contributed by atoms with Crippen LogP contribution >= 0.6 is 28.1 Å². The van der Waals surface area contributed by atoms with Crippen LogP contribution in [0.1, 0.15) is 27.6 Å². The van der Waals surface area contributed by atoms with Crippen LogP contribution in [0, 0.1) is 0 Å². The van der Waals surface area contributed by atoms with Gasteiger partial charge in [-0.1, -0.05) is 42.5 Å². The molecule has 2 N–H and O–H groups in total. The summed E-state index contributed by atoms with van der Waals surface area (Å²) in [5.41, 5.74) is 2.26. The van der Waals surface area contributed by atoms with E-state index in [2.05, 4.69) is 26.6 Å². The number of benzene rings is 3. The highest BCUT2D eigenvalue weighted by Crippen LogP contribution is 2.22. The van der Waals surface area contributed by atoms with E-state index in [1.54, 1.807) is 47.4 Å². The molecule has 3 aromatic carbocycles. The van der Waals surface area contributed by atoms with Crippen molar-refractivity contribution in [3.8, 4) is 0 Å². The zero-order valence-corrected chi connectivity index (χ0v) is 18.7. The first-order chi connectivity index (χ1) is 14.5. The molecule has 7 heteroatoms. The molecule has 5 nitrogen and oxygen atoms in total. The molecule has 3 aromatic rings. The lowest BCUT2D eigenvalue weighted by molar-refractivity contribution is 0.0973. The lowest BCUT2D eigenvalue weighted by atomic mass is 10.1. The minimum absolute atomic E-state index is 0.110. The fourth-order valence-electron chi connectivity index (χ4n) is 2.94. The fourth-order valence-corrected chi connectivity index (χ4v) is 3.61. The van der Waals surface area contributed by atoms with Gasteiger partial charge in [0, 0.05) is 16.7 Å². The number of hydrogen-bond donors (Lipinski definition) is 2. The largest absolute Gasteiger partial charge is 0.332 e. The van der Waals surface area contributed by atoms with Crippen LogP contribution in [-0.4, -0.2) is 23.5 Å². The highest BCUT2D eigenvalue weighted by atomic mass is 79.9. The molecule has 152 valence electrons. The first-order valence-electron chi connectivity index (χ1n) is 9.34. The van der Waals surface area contributed by atoms with Gasteiger partial charge < -0.3 is 10.2 Å². The van der Waals surface area contributed by atoms with Gasteiger partial charge in [0.1, 0.15) is 0 Å². The van der Waals surface area contributed by atoms with Crippen LogP contribution < -0.4 is 15.5 Å². The molecule has 0 saturated heterocycles. The van der Waals surface area contributed by atoms with Crippen molar-refractivity contribution >= 4 is 56.4 Å². The molecule has 0 saturated carbocycles. The molecular weight excluding hydrogens is 462 g/mol. The molecule has 0 radical (unpaired) electrons. The van der Waals surface area contributed by atoms with Crippen LogP contribution in [0.25, 0.3) is 0 Å². The molecule has 0 aliphatic heterocycles. The monoisotopic (exact) mass is 481 g/mol. The van der Waals surface area contributed by atoms with Gasteiger partial charge in [-0.3, -0.25) is 14.9 Å². The Balaban J connectivity index is 1.78. The van der Waals surface area contributed by atoms with Gasteiger partial charge in [0.15, 0.2) is 5.11 Å². The zero-order valence-electron chi connectivity index (χ0n) is 16.3. The Kier molecular flexibility index (Phi) is 7.32. The van der Waals surface area contributed by atoms with Crippen LogP contribution in [0.2, 0.25) is 0 Å². The molecule has 30 heavy (non-hydrogen) atoms. The van der Waals surface area contributed by atoms with Crippen LogP contribution in [0.5, 0.6) is 0 Å². The summed E-state index contributed by atoms with van der Waals surface area (Å²) in [7, 11) is 0. The quantitative estimate of drug-likeness (QED) is 0.489. The van der Waals surface area contributed by atoms with Crippen LogP contribution in [0.15, 0.2) is 83.3 Å². The SMILES string of the molecule is CCN(C(=O)c1ccccc1NC(=S)NC(=O)c1ccccc1Br)c1ccccc1. The maximum atomic E-state index is 13.2. The molecule has 0 aliphatic rings. The highest BCUT2D eigenvalue weighted by molar-refractivity contribution is 9.10. The Morgan fingerprint density at radius 2 is 1.50 bits per heavy atom. The predicted octanol–water partition coefficient (Wildman–Crippen LogP) is 5.24. The number of nitrogens with one attached hydrogen (secondary N) is 2. The van der Waals surface area contributed by atoms with E-state index < -0.39 is 0 Å². The summed E-state index contributed by atoms with van der Waals surface area (Å²) in [5, 5.41) is 5.74. The molecular formula is C23H20BrN3O2S. The van der Waals surface area contributed by atoms with E-state index in [0.29, 0.717) is 27.8 Å². The molecule has 2 amide bonds. The normalized spacial score (nSPS) is 10.2. The fraction of sp³-hybridized carbons (Fsp3) is 0.0870. The summed E-state index contributed by atoms with van der Waals surface area (Å²) < 4.78 is 0.669. The zero-order chi connectivity index (χ0) is 21.5. The average Bonchev–Trinajstić information content (AvgIpc) is 2.75. The minimum Gasteiger partial charge on any atom is -0.332 e. The topological polar surface area (TPSA) is 61.4 Å². The van der Waals surface area contributed by atoms with Gasteiger partial charge in [-0.05, 0) is 71.5 Å². The van der Waals surface area contributed by atoms with E-state index >= 15 is 0 Å². The molecule has 0 bridgehead atoms. The lowest BCUT2D eigenvalue weighted by Gasteiger charge is -2.23. The van der Waals surface area contributed by atoms with Crippen molar-refractivity contribution in [2.45, 2.75) is 6.92 Å². The second-order valence-electron chi connectivity index (χ2n) is 6.32. The number of rotatable bonds is 5. The number of carbonyl (C=O) groups excluding carboxylic acids is 2. The predicted molar refractivity (Wildman–Crippen MR) is 128 cm³/mol. The first kappa shape index (κ1) is 21.7. The number of hydrogen-bond acceptors (Lipinski definition) is 3. The summed E-state index contributed by atoms with van der Waals surface area (Å²) in [4.78, 5) is 27.4. The third-order valence-corrected chi connectivity index (χ3v) is 5.28. The summed E-state index contributed by atoms with van der Waals surface area (Å²) >= 11 is 8.66. The van der Waals surface area contributed by atoms with Crippen molar-refractivity contribution in [1.82, 2.24) is 5.32 Å². The Morgan fingerprint density at radius 3 is 2.17 bits per heavy atom. The van der Waals surface area contributed by atoms with Crippen molar-refractivity contribution < 1.29 is 9.59 Å². The van der Waals surface area contributed by atoms with Crippen LogP contribution in [-0.2, 0) is 0 Å². The third kappa shape index (κ3) is 5.11. The minimum atomic E-state index is -0.344. The van der Waals surface area contributed by atoms with E-state index in [9.17, 15) is 9.59 Å². The third-order valence-electron chi connectivity index (χ3n) is 4.38. The number of para-hydroxylation sites is 2. The number of anilines is 2. The molecule has 0 aromatic heterocycles. The van der Waals surface area contributed by atoms with Gasteiger partial charge in [-0.25, -0.2) is 0 Å². The molecule has 0 fully saturated rings. The van der Waals surface area contributed by atoms with Gasteiger partial charge in [0.25, 0.3) is 11.8 Å². The average molecular weight is 482 g/mol. The van der Waals surface area contributed by atoms with Gasteiger partial charge >= 0.3 is 0 Å². The molecule has 0 unspecified atom stereocenters. The molecule has 0 aliphatic carbocycles. The van der Waals surface area contributed by atoms with E-state index in [-0.39, 0.29) is 16.9 Å². The number of carbonyl (C=O) groups is 2. The van der Waals surface area contributed by atoms with E-state index in [1.165, 1.54) is 0 Å². The Morgan fingerprint density at radius 1 is 0.900 bits per heavy atom. The van der Waals surface area contributed by atoms with E-state index in [0.717, 1.165) is 5.69 Å². The lowest BCUT2D eigenvalue weighted by Crippen LogP contribution is -2.36. The smallest absolute Gasteiger partial charge is 0.260 e. The Hall–Kier alpha value is -3.03. The first-order valence-corrected chi connectivity index (χ1v) is 10.5. The number of halogens is 1.